The predicted octanol–water partition coefficient (Wildman–Crippen LogP) is 2.98. The molecule has 146 valence electrons. The van der Waals surface area contributed by atoms with Crippen LogP contribution in [0, 0.1) is 16.0 Å². The zero-order chi connectivity index (χ0) is 19.9. The second-order valence-corrected chi connectivity index (χ2v) is 6.47. The summed E-state index contributed by atoms with van der Waals surface area (Å²) in [5, 5.41) is 13.9. The van der Waals surface area contributed by atoms with Crippen LogP contribution in [-0.4, -0.2) is 34.9 Å². The van der Waals surface area contributed by atoms with Gasteiger partial charge in [-0.15, -0.1) is 0 Å². The molecule has 0 radical (unpaired) electrons. The Balaban J connectivity index is 1.56. The molecular formula is C19H21N5O4. The fourth-order valence-electron chi connectivity index (χ4n) is 3.07. The van der Waals surface area contributed by atoms with E-state index in [1.807, 2.05) is 18.2 Å². The summed E-state index contributed by atoms with van der Waals surface area (Å²) in [5.41, 5.74) is 5.90. The van der Waals surface area contributed by atoms with E-state index in [0.29, 0.717) is 25.1 Å². The second kappa shape index (κ2) is 8.85. The van der Waals surface area contributed by atoms with Crippen LogP contribution in [0.2, 0.25) is 0 Å². The molecule has 9 nitrogen and oxygen atoms in total. The number of para-hydroxylation sites is 3. The SMILES string of the molecule is O=C(NNc1ccccc1[N+](=O)[O-])[C@@H]1CCCN(C(=O)Nc2ccccc2)C1. The van der Waals surface area contributed by atoms with Gasteiger partial charge in [0, 0.05) is 24.8 Å². The Morgan fingerprint density at radius 3 is 2.54 bits per heavy atom. The topological polar surface area (TPSA) is 117 Å². The third kappa shape index (κ3) is 4.76. The van der Waals surface area contributed by atoms with Crippen LogP contribution in [-0.2, 0) is 4.79 Å². The third-order valence-corrected chi connectivity index (χ3v) is 4.53. The quantitative estimate of drug-likeness (QED) is 0.542. The van der Waals surface area contributed by atoms with Crippen LogP contribution < -0.4 is 16.2 Å². The largest absolute Gasteiger partial charge is 0.324 e. The number of hydrogen-bond donors (Lipinski definition) is 3. The highest BCUT2D eigenvalue weighted by Crippen LogP contribution is 2.23. The van der Waals surface area contributed by atoms with Crippen molar-refractivity contribution >= 4 is 29.0 Å². The van der Waals surface area contributed by atoms with Gasteiger partial charge in [-0.2, -0.15) is 0 Å². The minimum Gasteiger partial charge on any atom is -0.324 e. The average Bonchev–Trinajstić information content (AvgIpc) is 2.73. The average molecular weight is 383 g/mol. The van der Waals surface area contributed by atoms with Crippen molar-refractivity contribution in [3.8, 4) is 0 Å². The number of nitrogens with one attached hydrogen (secondary N) is 3. The molecule has 1 heterocycles. The molecule has 2 aromatic rings. The third-order valence-electron chi connectivity index (χ3n) is 4.53. The highest BCUT2D eigenvalue weighted by atomic mass is 16.6. The van der Waals surface area contributed by atoms with Gasteiger partial charge < -0.3 is 10.2 Å². The van der Waals surface area contributed by atoms with E-state index in [-0.39, 0.29) is 29.9 Å². The maximum Gasteiger partial charge on any atom is 0.321 e. The van der Waals surface area contributed by atoms with Crippen molar-refractivity contribution in [3.63, 3.8) is 0 Å². The molecule has 1 aliphatic heterocycles. The molecule has 28 heavy (non-hydrogen) atoms. The number of carbonyl (C=O) groups excluding carboxylic acids is 2. The summed E-state index contributed by atoms with van der Waals surface area (Å²) in [7, 11) is 0. The molecular weight excluding hydrogens is 362 g/mol. The number of nitrogens with zero attached hydrogens (tertiary/aromatic N) is 2. The van der Waals surface area contributed by atoms with Gasteiger partial charge in [-0.1, -0.05) is 30.3 Å². The molecule has 0 saturated carbocycles. The summed E-state index contributed by atoms with van der Waals surface area (Å²) in [6.45, 7) is 0.850. The van der Waals surface area contributed by atoms with Gasteiger partial charge in [0.1, 0.15) is 5.69 Å². The van der Waals surface area contributed by atoms with Crippen molar-refractivity contribution in [2.24, 2.45) is 5.92 Å². The first kappa shape index (κ1) is 19.2. The first-order chi connectivity index (χ1) is 13.5. The van der Waals surface area contributed by atoms with Gasteiger partial charge in [-0.25, -0.2) is 4.79 Å². The van der Waals surface area contributed by atoms with Crippen molar-refractivity contribution < 1.29 is 14.5 Å². The zero-order valence-corrected chi connectivity index (χ0v) is 15.1. The van der Waals surface area contributed by atoms with Gasteiger partial charge in [-0.3, -0.25) is 25.8 Å². The Bertz CT molecular complexity index is 858. The first-order valence-electron chi connectivity index (χ1n) is 8.95. The molecule has 0 spiro atoms. The number of anilines is 2. The van der Waals surface area contributed by atoms with Gasteiger partial charge in [-0.05, 0) is 31.0 Å². The van der Waals surface area contributed by atoms with Crippen molar-refractivity contribution in [1.82, 2.24) is 10.3 Å². The maximum atomic E-state index is 12.5. The van der Waals surface area contributed by atoms with Crippen LogP contribution in [0.5, 0.6) is 0 Å². The molecule has 3 amide bonds. The number of hydrogen-bond acceptors (Lipinski definition) is 5. The first-order valence-corrected chi connectivity index (χ1v) is 8.95. The van der Waals surface area contributed by atoms with E-state index in [1.165, 1.54) is 12.1 Å². The molecule has 9 heteroatoms. The van der Waals surface area contributed by atoms with Crippen LogP contribution in [0.4, 0.5) is 21.9 Å². The Kier molecular flexibility index (Phi) is 6.05. The zero-order valence-electron chi connectivity index (χ0n) is 15.1. The molecule has 0 aromatic heterocycles. The summed E-state index contributed by atoms with van der Waals surface area (Å²) in [4.78, 5) is 37.0. The van der Waals surface area contributed by atoms with Gasteiger partial charge in [0.2, 0.25) is 5.91 Å². The lowest BCUT2D eigenvalue weighted by atomic mass is 9.98. The van der Waals surface area contributed by atoms with E-state index in [1.54, 1.807) is 29.2 Å². The van der Waals surface area contributed by atoms with Gasteiger partial charge in [0.05, 0.1) is 10.8 Å². The van der Waals surface area contributed by atoms with E-state index in [9.17, 15) is 19.7 Å². The number of urea groups is 1. The highest BCUT2D eigenvalue weighted by molar-refractivity contribution is 5.90. The van der Waals surface area contributed by atoms with Crippen LogP contribution in [0.25, 0.3) is 0 Å². The van der Waals surface area contributed by atoms with E-state index >= 15 is 0 Å². The summed E-state index contributed by atoms with van der Waals surface area (Å²) in [6, 6.07) is 14.9. The lowest BCUT2D eigenvalue weighted by Gasteiger charge is -2.32. The van der Waals surface area contributed by atoms with E-state index in [0.717, 1.165) is 0 Å². The molecule has 1 atom stereocenters. The number of nitro benzene ring substituents is 1. The Morgan fingerprint density at radius 2 is 1.79 bits per heavy atom. The number of amides is 3. The Morgan fingerprint density at radius 1 is 1.07 bits per heavy atom. The lowest BCUT2D eigenvalue weighted by molar-refractivity contribution is -0.384. The van der Waals surface area contributed by atoms with E-state index in [2.05, 4.69) is 16.2 Å². The highest BCUT2D eigenvalue weighted by Gasteiger charge is 2.28. The molecule has 0 unspecified atom stereocenters. The van der Waals surface area contributed by atoms with Crippen molar-refractivity contribution in [3.05, 3.63) is 64.7 Å². The molecule has 0 bridgehead atoms. The Labute approximate surface area is 161 Å². The molecule has 0 aliphatic carbocycles. The number of rotatable bonds is 5. The van der Waals surface area contributed by atoms with Crippen molar-refractivity contribution in [2.45, 2.75) is 12.8 Å². The fourth-order valence-corrected chi connectivity index (χ4v) is 3.07. The number of nitro groups is 1. The molecule has 3 N–H and O–H groups in total. The monoisotopic (exact) mass is 383 g/mol. The standard InChI is InChI=1S/C19H21N5O4/c25-18(22-21-16-10-4-5-11-17(16)24(27)28)14-7-6-12-23(13-14)19(26)20-15-8-2-1-3-9-15/h1-5,8-11,14,21H,6-7,12-13H2,(H,20,26)(H,22,25)/t14-/m1/s1. The summed E-state index contributed by atoms with van der Waals surface area (Å²) < 4.78 is 0. The minimum absolute atomic E-state index is 0.129. The number of likely N-dealkylation sites (tertiary alicyclic amines) is 1. The predicted molar refractivity (Wildman–Crippen MR) is 105 cm³/mol. The molecule has 3 rings (SSSR count). The van der Waals surface area contributed by atoms with Crippen molar-refractivity contribution in [1.29, 1.82) is 0 Å². The number of carbonyl (C=O) groups is 2. The Hall–Kier alpha value is -3.62. The van der Waals surface area contributed by atoms with Gasteiger partial charge >= 0.3 is 6.03 Å². The van der Waals surface area contributed by atoms with Gasteiger partial charge in [0.15, 0.2) is 0 Å². The van der Waals surface area contributed by atoms with Crippen LogP contribution in [0.3, 0.4) is 0 Å². The lowest BCUT2D eigenvalue weighted by Crippen LogP contribution is -2.47. The van der Waals surface area contributed by atoms with E-state index < -0.39 is 10.8 Å². The number of piperidine rings is 1. The maximum absolute atomic E-state index is 12.5. The van der Waals surface area contributed by atoms with Crippen LogP contribution >= 0.6 is 0 Å². The fraction of sp³-hybridized carbons (Fsp3) is 0.263. The summed E-state index contributed by atoms with van der Waals surface area (Å²) >= 11 is 0. The summed E-state index contributed by atoms with van der Waals surface area (Å²) in [5.74, 6) is -0.707. The van der Waals surface area contributed by atoms with Crippen molar-refractivity contribution in [2.75, 3.05) is 23.8 Å². The normalized spacial score (nSPS) is 16.1. The smallest absolute Gasteiger partial charge is 0.321 e. The van der Waals surface area contributed by atoms with Crippen LogP contribution in [0.1, 0.15) is 12.8 Å². The van der Waals surface area contributed by atoms with Gasteiger partial charge in [0.25, 0.3) is 5.69 Å². The summed E-state index contributed by atoms with van der Waals surface area (Å²) in [6.07, 6.45) is 1.34. The number of hydrazine groups is 1. The minimum atomic E-state index is -0.523. The molecule has 2 aromatic carbocycles. The van der Waals surface area contributed by atoms with E-state index in [4.69, 9.17) is 0 Å². The van der Waals surface area contributed by atoms with Crippen LogP contribution in [0.15, 0.2) is 54.6 Å². The number of benzene rings is 2. The molecule has 1 saturated heterocycles. The molecule has 1 aliphatic rings. The molecule has 1 fully saturated rings. The second-order valence-electron chi connectivity index (χ2n) is 6.47.